The quantitative estimate of drug-likeness (QED) is 0.165. The summed E-state index contributed by atoms with van der Waals surface area (Å²) in [6.07, 6.45) is 0. The number of hydrogen-bond acceptors (Lipinski definition) is 0. The fourth-order valence-corrected chi connectivity index (χ4v) is 24.7. The molecule has 0 heteroatoms. The van der Waals surface area contributed by atoms with Crippen LogP contribution < -0.4 is 0 Å². The Labute approximate surface area is 749 Å². The summed E-state index contributed by atoms with van der Waals surface area (Å²) in [5.74, 6) is 0. The zero-order chi connectivity index (χ0) is 85.1. The minimum atomic E-state index is -0.266. The van der Waals surface area contributed by atoms with E-state index in [0.29, 0.717) is 0 Å². The minimum Gasteiger partial charge on any atom is -0.0620 e. The SMILES string of the molecule is Cc1ccc(-c2cccc3c2-c2ccccc2C32c3ccccc3-c3ccccc32)cc1.Cc1cccc(-c2ccc3c(c2)C2(c4ccccc4-c4ccccc42)c2ccccc2-3)c1.Cc1cccc(-c2cccc3c2-c2ccccc2C32c3ccccc3-c3ccccc32)c1.Cc1ccccc1-c1cccc2c1-c1ccccc1C21c2ccccc2-c2ccccc21. The van der Waals surface area contributed by atoms with Gasteiger partial charge in [-0.2, -0.15) is 0 Å². The van der Waals surface area contributed by atoms with E-state index in [1.165, 1.54) is 245 Å². The summed E-state index contributed by atoms with van der Waals surface area (Å²) in [6, 6.07) is 171. The van der Waals surface area contributed by atoms with Gasteiger partial charge in [-0.25, -0.2) is 0 Å². The lowest BCUT2D eigenvalue weighted by atomic mass is 9.70. The highest BCUT2D eigenvalue weighted by atomic mass is 14.6. The molecule has 0 aromatic heterocycles. The normalized spacial score (nSPS) is 14.0. The molecule has 0 unspecified atom stereocenters. The fraction of sp³-hybridized carbons (Fsp3) is 0.0625. The Hall–Kier alpha value is -15.6. The van der Waals surface area contributed by atoms with Gasteiger partial charge in [0.15, 0.2) is 0 Å². The van der Waals surface area contributed by atoms with Crippen molar-refractivity contribution in [1.29, 1.82) is 0 Å². The van der Waals surface area contributed by atoms with Crippen molar-refractivity contribution in [3.8, 4) is 134 Å². The van der Waals surface area contributed by atoms with Crippen molar-refractivity contribution >= 4 is 0 Å². The third-order valence-electron chi connectivity index (χ3n) is 29.5. The van der Waals surface area contributed by atoms with E-state index >= 15 is 0 Å². The maximum absolute atomic E-state index is 2.45. The van der Waals surface area contributed by atoms with E-state index in [4.69, 9.17) is 0 Å². The van der Waals surface area contributed by atoms with Crippen LogP contribution in [-0.4, -0.2) is 0 Å². The van der Waals surface area contributed by atoms with Crippen molar-refractivity contribution in [3.05, 3.63) is 572 Å². The van der Waals surface area contributed by atoms with Crippen molar-refractivity contribution in [2.24, 2.45) is 0 Å². The maximum atomic E-state index is 2.45. The lowest BCUT2D eigenvalue weighted by Gasteiger charge is -2.30. The van der Waals surface area contributed by atoms with Gasteiger partial charge in [0.25, 0.3) is 0 Å². The first kappa shape index (κ1) is 75.0. The first-order valence-corrected chi connectivity index (χ1v) is 45.2. The molecule has 0 nitrogen and oxygen atoms in total. The van der Waals surface area contributed by atoms with E-state index in [-0.39, 0.29) is 21.7 Å². The molecular weight excluding hydrogens is 1540 g/mol. The summed E-state index contributed by atoms with van der Waals surface area (Å²) in [4.78, 5) is 0. The van der Waals surface area contributed by atoms with Crippen molar-refractivity contribution in [1.82, 2.24) is 0 Å². The number of aryl methyl sites for hydroxylation is 4. The molecule has 8 aliphatic rings. The first-order valence-electron chi connectivity index (χ1n) is 45.2. The van der Waals surface area contributed by atoms with Crippen LogP contribution >= 0.6 is 0 Å². The minimum absolute atomic E-state index is 0.264. The van der Waals surface area contributed by atoms with Gasteiger partial charge in [-0.1, -0.05) is 472 Å². The average molecular weight is 1630 g/mol. The second-order valence-electron chi connectivity index (χ2n) is 35.9. The molecule has 0 bridgehead atoms. The molecule has 0 amide bonds. The highest BCUT2D eigenvalue weighted by Gasteiger charge is 2.57. The molecule has 128 heavy (non-hydrogen) atoms. The fourth-order valence-electron chi connectivity index (χ4n) is 24.7. The van der Waals surface area contributed by atoms with E-state index in [2.05, 4.69) is 489 Å². The number of rotatable bonds is 4. The molecule has 20 aromatic rings. The van der Waals surface area contributed by atoms with Crippen molar-refractivity contribution in [2.45, 2.75) is 49.4 Å². The largest absolute Gasteiger partial charge is 0.0725 e. The third kappa shape index (κ3) is 10.4. The number of fused-ring (bicyclic) bond motifs is 40. The van der Waals surface area contributed by atoms with Gasteiger partial charge in [0.05, 0.1) is 21.7 Å². The topological polar surface area (TPSA) is 0 Å². The van der Waals surface area contributed by atoms with E-state index in [0.717, 1.165) is 0 Å². The molecule has 0 atom stereocenters. The van der Waals surface area contributed by atoms with Crippen LogP contribution in [0.4, 0.5) is 0 Å². The van der Waals surface area contributed by atoms with Crippen LogP contribution in [0.1, 0.15) is 111 Å². The van der Waals surface area contributed by atoms with E-state index in [9.17, 15) is 0 Å². The lowest BCUT2D eigenvalue weighted by molar-refractivity contribution is 0.794. The van der Waals surface area contributed by atoms with Crippen LogP contribution in [-0.2, 0) is 21.7 Å². The van der Waals surface area contributed by atoms with E-state index in [1.807, 2.05) is 0 Å². The van der Waals surface area contributed by atoms with Gasteiger partial charge in [0.2, 0.25) is 0 Å². The molecule has 0 saturated carbocycles. The Morgan fingerprint density at radius 3 is 0.672 bits per heavy atom. The molecule has 0 fully saturated rings. The molecule has 4 spiro atoms. The average Bonchev–Trinajstić information content (AvgIpc) is 1.52. The first-order chi connectivity index (χ1) is 63.2. The second-order valence-corrected chi connectivity index (χ2v) is 35.9. The van der Waals surface area contributed by atoms with Gasteiger partial charge in [0.1, 0.15) is 0 Å². The van der Waals surface area contributed by atoms with Crippen molar-refractivity contribution in [3.63, 3.8) is 0 Å². The standard InChI is InChI=1S/4C32H22/c1-21-10-8-11-22(20-21)23-15-9-19-30-31(23)26-14-4-7-18-29(26)32(30)27-16-5-2-12-24(27)25-13-3-6-17-28(25)32;1-21-9-8-10-22(19-21)23-17-18-27-26-13-4-7-16-30(26)32(31(27)20-23)28-14-5-2-11-24(28)25-12-3-6-15-29(25)32;1-21-17-19-22(20-18-21)23-12-8-16-30-31(23)26-11-4-7-15-29(26)32(30)27-13-5-2-9-24(27)25-10-3-6-14-28(25)32;1-21-11-2-3-12-22(21)25-16-10-20-30-31(25)26-15-6-9-19-29(26)32(30)27-17-7-4-13-23(27)24-14-5-8-18-28(24)32/h4*2-20H,1H3. The van der Waals surface area contributed by atoms with Crippen LogP contribution in [0.3, 0.4) is 0 Å². The monoisotopic (exact) mass is 1620 g/mol. The molecule has 20 aromatic carbocycles. The van der Waals surface area contributed by atoms with Crippen molar-refractivity contribution < 1.29 is 0 Å². The van der Waals surface area contributed by atoms with Gasteiger partial charge >= 0.3 is 0 Å². The highest BCUT2D eigenvalue weighted by Crippen LogP contribution is 2.69. The van der Waals surface area contributed by atoms with Gasteiger partial charge in [-0.05, 0) is 262 Å². The Bertz CT molecular complexity index is 7710. The predicted octanol–water partition coefficient (Wildman–Crippen LogP) is 32.0. The summed E-state index contributed by atoms with van der Waals surface area (Å²) in [5, 5.41) is 0. The van der Waals surface area contributed by atoms with Crippen LogP contribution in [0, 0.1) is 27.7 Å². The summed E-state index contributed by atoms with van der Waals surface area (Å²) in [5.41, 5.74) is 58.6. The number of benzene rings is 20. The molecular formula is C128H88. The number of hydrogen-bond donors (Lipinski definition) is 0. The summed E-state index contributed by atoms with van der Waals surface area (Å²) in [7, 11) is 0. The predicted molar refractivity (Wildman–Crippen MR) is 532 cm³/mol. The van der Waals surface area contributed by atoms with Crippen LogP contribution in [0.15, 0.2) is 461 Å². The molecule has 0 saturated heterocycles. The van der Waals surface area contributed by atoms with Gasteiger partial charge in [-0.3, -0.25) is 0 Å². The highest BCUT2D eigenvalue weighted by molar-refractivity contribution is 6.05. The molecule has 0 N–H and O–H groups in total. The third-order valence-corrected chi connectivity index (χ3v) is 29.5. The zero-order valence-electron chi connectivity index (χ0n) is 71.9. The molecule has 28 rings (SSSR count). The van der Waals surface area contributed by atoms with Gasteiger partial charge < -0.3 is 0 Å². The van der Waals surface area contributed by atoms with Crippen LogP contribution in [0.5, 0.6) is 0 Å². The molecule has 0 heterocycles. The molecule has 8 aliphatic carbocycles. The Balaban J connectivity index is 0.0000000926. The van der Waals surface area contributed by atoms with Gasteiger partial charge in [-0.15, -0.1) is 0 Å². The summed E-state index contributed by atoms with van der Waals surface area (Å²) < 4.78 is 0. The Morgan fingerprint density at radius 2 is 0.336 bits per heavy atom. The molecule has 600 valence electrons. The zero-order valence-corrected chi connectivity index (χ0v) is 71.9. The maximum Gasteiger partial charge on any atom is 0.0725 e. The lowest BCUT2D eigenvalue weighted by Crippen LogP contribution is -2.25. The summed E-state index contributed by atoms with van der Waals surface area (Å²) in [6.45, 7) is 8.70. The molecule has 0 radical (unpaired) electrons. The van der Waals surface area contributed by atoms with E-state index < -0.39 is 0 Å². The van der Waals surface area contributed by atoms with Gasteiger partial charge in [0, 0.05) is 0 Å². The smallest absolute Gasteiger partial charge is 0.0620 e. The van der Waals surface area contributed by atoms with Crippen molar-refractivity contribution in [2.75, 3.05) is 0 Å². The summed E-state index contributed by atoms with van der Waals surface area (Å²) >= 11 is 0. The second kappa shape index (κ2) is 29.0. The Morgan fingerprint density at radius 1 is 0.117 bits per heavy atom. The Kier molecular flexibility index (Phi) is 17.0. The van der Waals surface area contributed by atoms with Crippen LogP contribution in [0.2, 0.25) is 0 Å². The van der Waals surface area contributed by atoms with E-state index in [1.54, 1.807) is 0 Å². The molecule has 0 aliphatic heterocycles. The van der Waals surface area contributed by atoms with Crippen LogP contribution in [0.25, 0.3) is 134 Å².